The predicted octanol–water partition coefficient (Wildman–Crippen LogP) is 4.39. The van der Waals surface area contributed by atoms with Crippen LogP contribution in [-0.2, 0) is 0 Å². The molecule has 1 aliphatic rings. The molecule has 1 aliphatic heterocycles. The minimum Gasteiger partial charge on any atom is -0.310 e. The van der Waals surface area contributed by atoms with Gasteiger partial charge in [-0.15, -0.1) is 11.8 Å². The van der Waals surface area contributed by atoms with Crippen molar-refractivity contribution in [3.63, 3.8) is 0 Å². The first-order valence-electron chi connectivity index (χ1n) is 6.83. The van der Waals surface area contributed by atoms with Crippen molar-refractivity contribution in [1.29, 1.82) is 0 Å². The second-order valence-electron chi connectivity index (χ2n) is 5.34. The fourth-order valence-electron chi connectivity index (χ4n) is 2.39. The highest BCUT2D eigenvalue weighted by Crippen LogP contribution is 2.37. The van der Waals surface area contributed by atoms with Gasteiger partial charge in [-0.2, -0.15) is 0 Å². The molecular weight excluding hydrogens is 245 g/mol. The Morgan fingerprint density at radius 2 is 2.28 bits per heavy atom. The molecular formula is C15H22FNS. The highest BCUT2D eigenvalue weighted by molar-refractivity contribution is 7.99. The van der Waals surface area contributed by atoms with Crippen LogP contribution in [-0.4, -0.2) is 12.3 Å². The zero-order chi connectivity index (χ0) is 13.0. The number of nitrogens with one attached hydrogen (secondary N) is 1. The molecule has 0 aromatic heterocycles. The number of benzene rings is 1. The molecule has 1 heterocycles. The van der Waals surface area contributed by atoms with Crippen molar-refractivity contribution in [3.05, 3.63) is 29.6 Å². The Bertz CT molecular complexity index is 392. The molecule has 0 saturated carbocycles. The maximum absolute atomic E-state index is 13.7. The van der Waals surface area contributed by atoms with Crippen molar-refractivity contribution in [1.82, 2.24) is 5.32 Å². The minimum absolute atomic E-state index is 0.0637. The lowest BCUT2D eigenvalue weighted by atomic mass is 10.0. The monoisotopic (exact) mass is 267 g/mol. The first-order chi connectivity index (χ1) is 8.68. The van der Waals surface area contributed by atoms with Gasteiger partial charge in [-0.1, -0.05) is 26.0 Å². The van der Waals surface area contributed by atoms with E-state index in [1.807, 2.05) is 6.07 Å². The molecule has 1 nitrogen and oxygen atoms in total. The fourth-order valence-corrected chi connectivity index (χ4v) is 3.53. The third kappa shape index (κ3) is 3.48. The predicted molar refractivity (Wildman–Crippen MR) is 76.6 cm³/mol. The fraction of sp³-hybridized carbons (Fsp3) is 0.600. The Hall–Kier alpha value is -0.540. The standard InChI is InChI=1S/C15H22FNS/c1-11(2)5-4-9-17-14-8-10-18-15-12(14)6-3-7-13(15)16/h3,6-7,11,14,17H,4-5,8-10H2,1-2H3. The van der Waals surface area contributed by atoms with Crippen LogP contribution in [0.25, 0.3) is 0 Å². The van der Waals surface area contributed by atoms with Crippen molar-refractivity contribution in [2.75, 3.05) is 12.3 Å². The number of halogens is 1. The summed E-state index contributed by atoms with van der Waals surface area (Å²) in [7, 11) is 0. The molecule has 0 saturated heterocycles. The molecule has 1 aromatic rings. The van der Waals surface area contributed by atoms with Crippen LogP contribution >= 0.6 is 11.8 Å². The van der Waals surface area contributed by atoms with Crippen LogP contribution in [0.4, 0.5) is 4.39 Å². The zero-order valence-electron chi connectivity index (χ0n) is 11.2. The van der Waals surface area contributed by atoms with Gasteiger partial charge < -0.3 is 5.32 Å². The zero-order valence-corrected chi connectivity index (χ0v) is 12.0. The van der Waals surface area contributed by atoms with Crippen molar-refractivity contribution < 1.29 is 4.39 Å². The summed E-state index contributed by atoms with van der Waals surface area (Å²) in [5.74, 6) is 1.71. The first kappa shape index (κ1) is 13.9. The van der Waals surface area contributed by atoms with Crippen LogP contribution in [0, 0.1) is 11.7 Å². The third-order valence-electron chi connectivity index (χ3n) is 3.37. The average molecular weight is 267 g/mol. The number of fused-ring (bicyclic) bond motifs is 1. The van der Waals surface area contributed by atoms with Crippen LogP contribution in [0.5, 0.6) is 0 Å². The molecule has 0 spiro atoms. The van der Waals surface area contributed by atoms with E-state index in [9.17, 15) is 4.39 Å². The molecule has 1 N–H and O–H groups in total. The van der Waals surface area contributed by atoms with Crippen LogP contribution in [0.3, 0.4) is 0 Å². The second-order valence-corrected chi connectivity index (χ2v) is 6.44. The summed E-state index contributed by atoms with van der Waals surface area (Å²) in [6.45, 7) is 5.54. The van der Waals surface area contributed by atoms with Gasteiger partial charge in [-0.05, 0) is 49.1 Å². The van der Waals surface area contributed by atoms with E-state index in [0.717, 1.165) is 35.1 Å². The maximum Gasteiger partial charge on any atom is 0.137 e. The largest absolute Gasteiger partial charge is 0.310 e. The summed E-state index contributed by atoms with van der Waals surface area (Å²) < 4.78 is 13.7. The van der Waals surface area contributed by atoms with Gasteiger partial charge in [-0.3, -0.25) is 0 Å². The van der Waals surface area contributed by atoms with Gasteiger partial charge in [0, 0.05) is 10.9 Å². The van der Waals surface area contributed by atoms with E-state index in [2.05, 4.69) is 25.2 Å². The highest BCUT2D eigenvalue weighted by atomic mass is 32.2. The Balaban J connectivity index is 1.94. The highest BCUT2D eigenvalue weighted by Gasteiger charge is 2.22. The number of hydrogen-bond acceptors (Lipinski definition) is 2. The lowest BCUT2D eigenvalue weighted by molar-refractivity contribution is 0.463. The van der Waals surface area contributed by atoms with Gasteiger partial charge in [0.1, 0.15) is 5.82 Å². The van der Waals surface area contributed by atoms with E-state index in [0.29, 0.717) is 6.04 Å². The number of hydrogen-bond donors (Lipinski definition) is 1. The molecule has 0 aliphatic carbocycles. The molecule has 0 bridgehead atoms. The van der Waals surface area contributed by atoms with Gasteiger partial charge in [-0.25, -0.2) is 4.39 Å². The van der Waals surface area contributed by atoms with Gasteiger partial charge in [0.2, 0.25) is 0 Å². The lowest BCUT2D eigenvalue weighted by Gasteiger charge is -2.26. The van der Waals surface area contributed by atoms with Crippen LogP contribution in [0.1, 0.15) is 44.7 Å². The Morgan fingerprint density at radius 1 is 1.44 bits per heavy atom. The summed E-state index contributed by atoms with van der Waals surface area (Å²) in [4.78, 5) is 0.852. The molecule has 0 fully saturated rings. The first-order valence-corrected chi connectivity index (χ1v) is 7.81. The van der Waals surface area contributed by atoms with E-state index in [4.69, 9.17) is 0 Å². The van der Waals surface area contributed by atoms with Crippen LogP contribution in [0.2, 0.25) is 0 Å². The average Bonchev–Trinajstić information content (AvgIpc) is 2.35. The normalized spacial score (nSPS) is 19.0. The Labute approximate surface area is 114 Å². The number of rotatable bonds is 5. The van der Waals surface area contributed by atoms with Gasteiger partial charge in [0.15, 0.2) is 0 Å². The van der Waals surface area contributed by atoms with Gasteiger partial charge in [0.05, 0.1) is 0 Å². The van der Waals surface area contributed by atoms with E-state index < -0.39 is 0 Å². The van der Waals surface area contributed by atoms with Crippen molar-refractivity contribution in [3.8, 4) is 0 Å². The third-order valence-corrected chi connectivity index (χ3v) is 4.53. The summed E-state index contributed by atoms with van der Waals surface area (Å²) >= 11 is 1.65. The SMILES string of the molecule is CC(C)CCCNC1CCSc2c(F)cccc21. The molecule has 1 unspecified atom stereocenters. The van der Waals surface area contributed by atoms with Crippen molar-refractivity contribution in [2.24, 2.45) is 5.92 Å². The second kappa shape index (κ2) is 6.58. The molecule has 1 atom stereocenters. The molecule has 1 aromatic carbocycles. The molecule has 3 heteroatoms. The summed E-state index contributed by atoms with van der Waals surface area (Å²) in [6.07, 6.45) is 3.55. The molecule has 18 heavy (non-hydrogen) atoms. The van der Waals surface area contributed by atoms with Gasteiger partial charge in [0.25, 0.3) is 0 Å². The summed E-state index contributed by atoms with van der Waals surface area (Å²) in [5, 5.41) is 3.58. The smallest absolute Gasteiger partial charge is 0.137 e. The minimum atomic E-state index is -0.0637. The quantitative estimate of drug-likeness (QED) is 0.794. The van der Waals surface area contributed by atoms with E-state index >= 15 is 0 Å². The van der Waals surface area contributed by atoms with Crippen molar-refractivity contribution >= 4 is 11.8 Å². The summed E-state index contributed by atoms with van der Waals surface area (Å²) in [6, 6.07) is 5.78. The van der Waals surface area contributed by atoms with E-state index in [1.165, 1.54) is 12.8 Å². The van der Waals surface area contributed by atoms with Gasteiger partial charge >= 0.3 is 0 Å². The Kier molecular flexibility index (Phi) is 5.07. The topological polar surface area (TPSA) is 12.0 Å². The summed E-state index contributed by atoms with van der Waals surface area (Å²) in [5.41, 5.74) is 1.15. The Morgan fingerprint density at radius 3 is 3.06 bits per heavy atom. The van der Waals surface area contributed by atoms with E-state index in [-0.39, 0.29) is 5.82 Å². The lowest BCUT2D eigenvalue weighted by Crippen LogP contribution is -2.26. The molecule has 0 radical (unpaired) electrons. The molecule has 100 valence electrons. The molecule has 2 rings (SSSR count). The van der Waals surface area contributed by atoms with E-state index in [1.54, 1.807) is 17.8 Å². The number of thioether (sulfide) groups is 1. The maximum atomic E-state index is 13.7. The molecule has 0 amide bonds. The van der Waals surface area contributed by atoms with Crippen LogP contribution < -0.4 is 5.32 Å². The van der Waals surface area contributed by atoms with Crippen LogP contribution in [0.15, 0.2) is 23.1 Å². The van der Waals surface area contributed by atoms with Crippen molar-refractivity contribution in [2.45, 2.75) is 44.0 Å².